The van der Waals surface area contributed by atoms with Crippen molar-refractivity contribution in [3.05, 3.63) is 120 Å². The number of nitrogens with zero attached hydrogens (tertiary/aromatic N) is 3. The molecule has 0 N–H and O–H groups in total. The molecule has 2 aliphatic rings. The van der Waals surface area contributed by atoms with E-state index in [0.29, 0.717) is 22.9 Å². The lowest BCUT2D eigenvalue weighted by Crippen LogP contribution is -2.21. The van der Waals surface area contributed by atoms with E-state index >= 15 is 4.39 Å². The van der Waals surface area contributed by atoms with Gasteiger partial charge in [-0.15, -0.1) is 0 Å². The third-order valence-electron chi connectivity index (χ3n) is 9.33. The third kappa shape index (κ3) is 3.50. The summed E-state index contributed by atoms with van der Waals surface area (Å²) in [5.74, 6) is 0.170. The molecule has 6 aromatic rings. The number of rotatable bonds is 3. The number of allylic oxidation sites excluding steroid dienone is 3. The van der Waals surface area contributed by atoms with Gasteiger partial charge in [0.25, 0.3) is 0 Å². The summed E-state index contributed by atoms with van der Waals surface area (Å²) in [6, 6.07) is 28.5. The summed E-state index contributed by atoms with van der Waals surface area (Å²) in [4.78, 5) is 0. The zero-order valence-electron chi connectivity index (χ0n) is 23.5. The van der Waals surface area contributed by atoms with Gasteiger partial charge in [0.15, 0.2) is 0 Å². The first-order valence-electron chi connectivity index (χ1n) is 14.9. The Bertz CT molecular complexity index is 2150. The van der Waals surface area contributed by atoms with E-state index in [1.165, 1.54) is 28.2 Å². The lowest BCUT2D eigenvalue weighted by atomic mass is 9.90. The molecule has 0 radical (unpaired) electrons. The summed E-state index contributed by atoms with van der Waals surface area (Å²) in [6.07, 6.45) is 13.5. The quantitative estimate of drug-likeness (QED) is 0.203. The average molecular weight is 548 g/mol. The van der Waals surface area contributed by atoms with Crippen LogP contribution in [-0.4, -0.2) is 9.13 Å². The molecule has 2 unspecified atom stereocenters. The van der Waals surface area contributed by atoms with Crippen LogP contribution in [-0.2, 0) is 6.42 Å². The Labute approximate surface area is 244 Å². The predicted octanol–water partition coefficient (Wildman–Crippen LogP) is 9.90. The number of hydrogen-bond acceptors (Lipinski definition) is 1. The maximum absolute atomic E-state index is 15.6. The normalized spacial score (nSPS) is 18.1. The largest absolute Gasteiger partial charge is 0.340 e. The van der Waals surface area contributed by atoms with Crippen molar-refractivity contribution in [3.8, 4) is 22.9 Å². The van der Waals surface area contributed by atoms with Crippen LogP contribution in [0.1, 0.15) is 49.0 Å². The van der Waals surface area contributed by atoms with Crippen LogP contribution in [0.3, 0.4) is 0 Å². The van der Waals surface area contributed by atoms with Crippen LogP contribution in [0.5, 0.6) is 0 Å². The number of benzene rings is 4. The predicted molar refractivity (Wildman–Crippen MR) is 170 cm³/mol. The van der Waals surface area contributed by atoms with Crippen molar-refractivity contribution in [2.75, 3.05) is 0 Å². The molecule has 42 heavy (non-hydrogen) atoms. The summed E-state index contributed by atoms with van der Waals surface area (Å²) in [5.41, 5.74) is 9.17. The van der Waals surface area contributed by atoms with E-state index in [1.807, 2.05) is 42.5 Å². The van der Waals surface area contributed by atoms with Crippen molar-refractivity contribution in [3.63, 3.8) is 0 Å². The molecule has 8 rings (SSSR count). The molecule has 2 aromatic heterocycles. The highest BCUT2D eigenvalue weighted by Gasteiger charge is 2.29. The SMILES string of the molecule is CC1C=CCCC1n1c2c(c3cccc(-c4cccc5c6c(F)cccc6n(-c6ccccc6C#N)c45)c31)C=CCC2. The average Bonchev–Trinajstić information content (AvgIpc) is 3.55. The topological polar surface area (TPSA) is 33.6 Å². The Balaban J connectivity index is 1.54. The van der Waals surface area contributed by atoms with Crippen molar-refractivity contribution in [1.82, 2.24) is 9.13 Å². The van der Waals surface area contributed by atoms with Crippen molar-refractivity contribution in [2.45, 2.75) is 38.6 Å². The minimum absolute atomic E-state index is 0.257. The molecule has 0 fully saturated rings. The van der Waals surface area contributed by atoms with Gasteiger partial charge in [0.1, 0.15) is 11.9 Å². The van der Waals surface area contributed by atoms with Crippen LogP contribution in [0.4, 0.5) is 4.39 Å². The maximum Gasteiger partial charge on any atom is 0.133 e. The second kappa shape index (κ2) is 9.60. The van der Waals surface area contributed by atoms with Crippen LogP contribution in [0.25, 0.3) is 55.6 Å². The summed E-state index contributed by atoms with van der Waals surface area (Å²) in [5, 5.41) is 12.8. The minimum Gasteiger partial charge on any atom is -0.340 e. The molecule has 0 spiro atoms. The molecular formula is C38H30FN3. The van der Waals surface area contributed by atoms with Crippen LogP contribution in [0.15, 0.2) is 97.1 Å². The van der Waals surface area contributed by atoms with Gasteiger partial charge in [0, 0.05) is 44.6 Å². The van der Waals surface area contributed by atoms with Crippen molar-refractivity contribution in [2.24, 2.45) is 5.92 Å². The van der Waals surface area contributed by atoms with Gasteiger partial charge in [-0.3, -0.25) is 0 Å². The van der Waals surface area contributed by atoms with Gasteiger partial charge in [-0.05, 0) is 55.9 Å². The Morgan fingerprint density at radius 2 is 1.62 bits per heavy atom. The highest BCUT2D eigenvalue weighted by molar-refractivity contribution is 6.16. The van der Waals surface area contributed by atoms with Gasteiger partial charge in [-0.25, -0.2) is 4.39 Å². The molecule has 0 saturated carbocycles. The maximum atomic E-state index is 15.6. The molecule has 0 bridgehead atoms. The molecule has 2 heterocycles. The molecule has 0 saturated heterocycles. The number of fused-ring (bicyclic) bond motifs is 6. The standard InChI is InChI=1S/C38H30FN3/c1-24-11-2-5-19-32(24)41-34-21-7-4-13-26(34)27-14-8-15-28(37(27)41)29-16-9-17-30-36-31(39)18-10-22-35(36)42(38(29)30)33-20-6-3-12-25(33)23-40/h2-4,6,8-18,20,22,24,32H,5,7,19,21H2,1H3. The van der Waals surface area contributed by atoms with Crippen LogP contribution >= 0.6 is 0 Å². The first-order chi connectivity index (χ1) is 20.7. The number of hydrogen-bond donors (Lipinski definition) is 0. The van der Waals surface area contributed by atoms with Crippen molar-refractivity contribution < 1.29 is 4.39 Å². The monoisotopic (exact) mass is 547 g/mol. The third-order valence-corrected chi connectivity index (χ3v) is 9.33. The highest BCUT2D eigenvalue weighted by Crippen LogP contribution is 2.46. The van der Waals surface area contributed by atoms with E-state index in [2.05, 4.69) is 70.7 Å². The van der Waals surface area contributed by atoms with Crippen LogP contribution in [0, 0.1) is 23.1 Å². The van der Waals surface area contributed by atoms with Gasteiger partial charge in [-0.2, -0.15) is 5.26 Å². The van der Waals surface area contributed by atoms with E-state index in [9.17, 15) is 5.26 Å². The van der Waals surface area contributed by atoms with Crippen LogP contribution in [0.2, 0.25) is 0 Å². The lowest BCUT2D eigenvalue weighted by Gasteiger charge is -2.30. The first kappa shape index (κ1) is 24.9. The zero-order valence-corrected chi connectivity index (χ0v) is 23.5. The van der Waals surface area contributed by atoms with Gasteiger partial charge in [0.05, 0.1) is 27.8 Å². The molecular weight excluding hydrogens is 517 g/mol. The molecule has 0 amide bonds. The second-order valence-electron chi connectivity index (χ2n) is 11.6. The number of para-hydroxylation sites is 3. The number of aromatic nitrogens is 2. The fraction of sp³-hybridized carbons (Fsp3) is 0.184. The van der Waals surface area contributed by atoms with E-state index < -0.39 is 0 Å². The van der Waals surface area contributed by atoms with Gasteiger partial charge >= 0.3 is 0 Å². The van der Waals surface area contributed by atoms with E-state index in [0.717, 1.165) is 58.9 Å². The van der Waals surface area contributed by atoms with Gasteiger partial charge in [0.2, 0.25) is 0 Å². The van der Waals surface area contributed by atoms with Gasteiger partial charge in [-0.1, -0.05) is 85.8 Å². The first-order valence-corrected chi connectivity index (χ1v) is 14.9. The number of nitriles is 1. The second-order valence-corrected chi connectivity index (χ2v) is 11.6. The fourth-order valence-corrected chi connectivity index (χ4v) is 7.52. The molecule has 3 nitrogen and oxygen atoms in total. The Morgan fingerprint density at radius 3 is 2.45 bits per heavy atom. The van der Waals surface area contributed by atoms with Crippen LogP contribution < -0.4 is 0 Å². The number of halogens is 1. The zero-order chi connectivity index (χ0) is 28.4. The van der Waals surface area contributed by atoms with Crippen molar-refractivity contribution in [1.29, 1.82) is 5.26 Å². The van der Waals surface area contributed by atoms with E-state index in [-0.39, 0.29) is 5.82 Å². The summed E-state index contributed by atoms with van der Waals surface area (Å²) < 4.78 is 20.4. The molecule has 2 aliphatic carbocycles. The lowest BCUT2D eigenvalue weighted by molar-refractivity contribution is 0.371. The summed E-state index contributed by atoms with van der Waals surface area (Å²) >= 11 is 0. The summed E-state index contributed by atoms with van der Waals surface area (Å²) in [7, 11) is 0. The minimum atomic E-state index is -0.257. The fourth-order valence-electron chi connectivity index (χ4n) is 7.52. The van der Waals surface area contributed by atoms with E-state index in [1.54, 1.807) is 6.07 Å². The molecule has 4 aromatic carbocycles. The highest BCUT2D eigenvalue weighted by atomic mass is 19.1. The Kier molecular flexibility index (Phi) is 5.69. The van der Waals surface area contributed by atoms with Gasteiger partial charge < -0.3 is 9.13 Å². The molecule has 204 valence electrons. The Morgan fingerprint density at radius 1 is 0.833 bits per heavy atom. The summed E-state index contributed by atoms with van der Waals surface area (Å²) in [6.45, 7) is 2.33. The van der Waals surface area contributed by atoms with Crippen molar-refractivity contribution >= 4 is 38.8 Å². The Hall–Kier alpha value is -4.88. The smallest absolute Gasteiger partial charge is 0.133 e. The molecule has 2 atom stereocenters. The molecule has 4 heteroatoms. The molecule has 0 aliphatic heterocycles. The van der Waals surface area contributed by atoms with E-state index in [4.69, 9.17) is 0 Å².